The zero-order valence-corrected chi connectivity index (χ0v) is 14.7. The van der Waals surface area contributed by atoms with Crippen LogP contribution in [0.15, 0.2) is 40.9 Å². The van der Waals surface area contributed by atoms with Gasteiger partial charge in [-0.25, -0.2) is 0 Å². The second-order valence-corrected chi connectivity index (χ2v) is 6.76. The fourth-order valence-corrected chi connectivity index (χ4v) is 2.91. The van der Waals surface area contributed by atoms with Crippen LogP contribution in [0.2, 0.25) is 0 Å². The molecule has 0 unspecified atom stereocenters. The van der Waals surface area contributed by atoms with Crippen molar-refractivity contribution >= 4 is 32.7 Å². The highest BCUT2D eigenvalue weighted by Gasteiger charge is 2.09. The maximum Gasteiger partial charge on any atom is 0.268 e. The standard InChI is InChI=1S/C17H19BrN4O/c1-22(2)10-13-4-6-16(20-13)17(23)19-9-14-8-11-7-12(18)3-5-15(11)21-14/h3-8,20-21H,9-10H2,1-2H3,(H,19,23). The van der Waals surface area contributed by atoms with Gasteiger partial charge in [-0.3, -0.25) is 4.79 Å². The number of rotatable bonds is 5. The summed E-state index contributed by atoms with van der Waals surface area (Å²) in [5, 5.41) is 4.05. The molecule has 120 valence electrons. The van der Waals surface area contributed by atoms with Gasteiger partial charge in [-0.15, -0.1) is 0 Å². The third-order valence-corrected chi connectivity index (χ3v) is 4.05. The summed E-state index contributed by atoms with van der Waals surface area (Å²) in [5.74, 6) is -0.102. The summed E-state index contributed by atoms with van der Waals surface area (Å²) in [6, 6.07) is 11.9. The molecule has 0 saturated heterocycles. The van der Waals surface area contributed by atoms with Gasteiger partial charge in [0.2, 0.25) is 0 Å². The number of carbonyl (C=O) groups excluding carboxylic acids is 1. The van der Waals surface area contributed by atoms with E-state index in [4.69, 9.17) is 0 Å². The number of nitrogens with zero attached hydrogens (tertiary/aromatic N) is 1. The first kappa shape index (κ1) is 15.8. The third kappa shape index (κ3) is 3.83. The minimum absolute atomic E-state index is 0.102. The number of hydrogen-bond acceptors (Lipinski definition) is 2. The van der Waals surface area contributed by atoms with Gasteiger partial charge in [-0.1, -0.05) is 15.9 Å². The first-order valence-electron chi connectivity index (χ1n) is 7.39. The van der Waals surface area contributed by atoms with E-state index in [1.54, 1.807) is 0 Å². The summed E-state index contributed by atoms with van der Waals surface area (Å²) in [5.41, 5.74) is 3.65. The number of nitrogens with one attached hydrogen (secondary N) is 3. The molecule has 5 nitrogen and oxygen atoms in total. The molecule has 0 radical (unpaired) electrons. The van der Waals surface area contributed by atoms with Crippen LogP contribution in [-0.2, 0) is 13.1 Å². The smallest absolute Gasteiger partial charge is 0.268 e. The molecule has 0 aliphatic carbocycles. The minimum Gasteiger partial charge on any atom is -0.357 e. The molecule has 0 atom stereocenters. The van der Waals surface area contributed by atoms with Gasteiger partial charge >= 0.3 is 0 Å². The van der Waals surface area contributed by atoms with Crippen molar-refractivity contribution in [3.8, 4) is 0 Å². The van der Waals surface area contributed by atoms with E-state index >= 15 is 0 Å². The number of halogens is 1. The largest absolute Gasteiger partial charge is 0.357 e. The number of aromatic amines is 2. The van der Waals surface area contributed by atoms with Gasteiger partial charge in [0, 0.05) is 33.3 Å². The van der Waals surface area contributed by atoms with Crippen molar-refractivity contribution in [1.82, 2.24) is 20.2 Å². The maximum absolute atomic E-state index is 12.2. The average Bonchev–Trinajstić information content (AvgIpc) is 3.10. The summed E-state index contributed by atoms with van der Waals surface area (Å²) in [7, 11) is 3.99. The van der Waals surface area contributed by atoms with Crippen molar-refractivity contribution in [2.75, 3.05) is 14.1 Å². The van der Waals surface area contributed by atoms with Crippen LogP contribution in [0.25, 0.3) is 10.9 Å². The van der Waals surface area contributed by atoms with E-state index in [0.29, 0.717) is 12.2 Å². The molecule has 2 aromatic heterocycles. The van der Waals surface area contributed by atoms with E-state index < -0.39 is 0 Å². The van der Waals surface area contributed by atoms with Gasteiger partial charge in [0.25, 0.3) is 5.91 Å². The number of carbonyl (C=O) groups is 1. The molecule has 23 heavy (non-hydrogen) atoms. The fourth-order valence-electron chi connectivity index (χ4n) is 2.54. The lowest BCUT2D eigenvalue weighted by Gasteiger charge is -2.07. The number of H-pyrrole nitrogens is 2. The quantitative estimate of drug-likeness (QED) is 0.641. The molecule has 0 saturated carbocycles. The maximum atomic E-state index is 12.2. The Kier molecular flexibility index (Phi) is 4.54. The Labute approximate surface area is 143 Å². The molecule has 0 aliphatic heterocycles. The predicted molar refractivity (Wildman–Crippen MR) is 95.4 cm³/mol. The second-order valence-electron chi connectivity index (χ2n) is 5.84. The van der Waals surface area contributed by atoms with E-state index in [0.717, 1.165) is 33.3 Å². The SMILES string of the molecule is CN(C)Cc1ccc(C(=O)NCc2cc3cc(Br)ccc3[nH]2)[nH]1. The number of aromatic nitrogens is 2. The van der Waals surface area contributed by atoms with Crippen molar-refractivity contribution in [3.63, 3.8) is 0 Å². The van der Waals surface area contributed by atoms with E-state index in [1.165, 1.54) is 0 Å². The Hall–Kier alpha value is -2.05. The van der Waals surface area contributed by atoms with Crippen molar-refractivity contribution in [1.29, 1.82) is 0 Å². The minimum atomic E-state index is -0.102. The zero-order chi connectivity index (χ0) is 16.4. The Morgan fingerprint density at radius 3 is 2.74 bits per heavy atom. The van der Waals surface area contributed by atoms with Crippen molar-refractivity contribution in [2.24, 2.45) is 0 Å². The first-order valence-corrected chi connectivity index (χ1v) is 8.18. The van der Waals surface area contributed by atoms with Crippen molar-refractivity contribution in [3.05, 3.63) is 58.0 Å². The molecule has 3 N–H and O–H groups in total. The number of benzene rings is 1. The molecule has 3 rings (SSSR count). The van der Waals surface area contributed by atoms with Gasteiger partial charge < -0.3 is 20.2 Å². The number of fused-ring (bicyclic) bond motifs is 1. The number of amides is 1. The summed E-state index contributed by atoms with van der Waals surface area (Å²) >= 11 is 3.46. The summed E-state index contributed by atoms with van der Waals surface area (Å²) in [6.07, 6.45) is 0. The van der Waals surface area contributed by atoms with Crippen LogP contribution in [0.3, 0.4) is 0 Å². The summed E-state index contributed by atoms with van der Waals surface area (Å²) in [6.45, 7) is 1.25. The average molecular weight is 375 g/mol. The molecule has 1 amide bonds. The first-order chi connectivity index (χ1) is 11.0. The molecule has 0 spiro atoms. The monoisotopic (exact) mass is 374 g/mol. The molecular weight excluding hydrogens is 356 g/mol. The lowest BCUT2D eigenvalue weighted by Crippen LogP contribution is -2.23. The van der Waals surface area contributed by atoms with Crippen LogP contribution in [0, 0.1) is 0 Å². The lowest BCUT2D eigenvalue weighted by molar-refractivity contribution is 0.0946. The Morgan fingerprint density at radius 1 is 1.13 bits per heavy atom. The van der Waals surface area contributed by atoms with Crippen LogP contribution >= 0.6 is 15.9 Å². The highest BCUT2D eigenvalue weighted by atomic mass is 79.9. The third-order valence-electron chi connectivity index (χ3n) is 3.56. The molecule has 2 heterocycles. The molecule has 1 aromatic carbocycles. The van der Waals surface area contributed by atoms with Gasteiger partial charge in [0.05, 0.1) is 6.54 Å². The van der Waals surface area contributed by atoms with Crippen LogP contribution in [0.5, 0.6) is 0 Å². The van der Waals surface area contributed by atoms with Gasteiger partial charge in [-0.05, 0) is 50.5 Å². The molecule has 0 aliphatic rings. The Morgan fingerprint density at radius 2 is 1.96 bits per heavy atom. The fraction of sp³-hybridized carbons (Fsp3) is 0.235. The molecule has 0 fully saturated rings. The van der Waals surface area contributed by atoms with Gasteiger partial charge in [0.1, 0.15) is 5.69 Å². The van der Waals surface area contributed by atoms with E-state index in [9.17, 15) is 4.79 Å². The zero-order valence-electron chi connectivity index (χ0n) is 13.1. The molecule has 6 heteroatoms. The number of hydrogen-bond donors (Lipinski definition) is 3. The van der Waals surface area contributed by atoms with Crippen LogP contribution in [-0.4, -0.2) is 34.9 Å². The van der Waals surface area contributed by atoms with E-state index in [2.05, 4.69) is 42.2 Å². The van der Waals surface area contributed by atoms with E-state index in [-0.39, 0.29) is 5.91 Å². The molecule has 3 aromatic rings. The molecular formula is C17H19BrN4O. The summed E-state index contributed by atoms with van der Waals surface area (Å²) in [4.78, 5) is 20.7. The predicted octanol–water partition coefficient (Wildman–Crippen LogP) is 3.25. The van der Waals surface area contributed by atoms with Crippen molar-refractivity contribution in [2.45, 2.75) is 13.1 Å². The highest BCUT2D eigenvalue weighted by molar-refractivity contribution is 9.10. The van der Waals surface area contributed by atoms with Gasteiger partial charge in [0.15, 0.2) is 0 Å². The Balaban J connectivity index is 1.64. The summed E-state index contributed by atoms with van der Waals surface area (Å²) < 4.78 is 1.04. The van der Waals surface area contributed by atoms with Crippen molar-refractivity contribution < 1.29 is 4.79 Å². The highest BCUT2D eigenvalue weighted by Crippen LogP contribution is 2.20. The topological polar surface area (TPSA) is 63.9 Å². The van der Waals surface area contributed by atoms with Crippen LogP contribution in [0.4, 0.5) is 0 Å². The van der Waals surface area contributed by atoms with Crippen LogP contribution < -0.4 is 5.32 Å². The second kappa shape index (κ2) is 6.60. The molecule has 0 bridgehead atoms. The Bertz CT molecular complexity index is 834. The lowest BCUT2D eigenvalue weighted by atomic mass is 10.2. The normalized spacial score (nSPS) is 11.3. The van der Waals surface area contributed by atoms with E-state index in [1.807, 2.05) is 44.4 Å². The van der Waals surface area contributed by atoms with Crippen LogP contribution in [0.1, 0.15) is 21.9 Å². The van der Waals surface area contributed by atoms with Gasteiger partial charge in [-0.2, -0.15) is 0 Å².